The number of thiazole rings is 1. The lowest BCUT2D eigenvalue weighted by Gasteiger charge is -2.05. The van der Waals surface area contributed by atoms with Crippen LogP contribution in [0.2, 0.25) is 0 Å². The second-order valence-corrected chi connectivity index (χ2v) is 6.67. The summed E-state index contributed by atoms with van der Waals surface area (Å²) >= 11 is 1.57. The van der Waals surface area contributed by atoms with Gasteiger partial charge in [0, 0.05) is 24.0 Å². The van der Waals surface area contributed by atoms with Gasteiger partial charge in [-0.3, -0.25) is 0 Å². The summed E-state index contributed by atoms with van der Waals surface area (Å²) in [4.78, 5) is 4.28. The van der Waals surface area contributed by atoms with Crippen molar-refractivity contribution in [2.75, 3.05) is 25.9 Å². The predicted octanol–water partition coefficient (Wildman–Crippen LogP) is 0.523. The Morgan fingerprint density at radius 1 is 1.41 bits per heavy atom. The van der Waals surface area contributed by atoms with Crippen LogP contribution in [0.4, 0.5) is 0 Å². The molecule has 0 aromatic carbocycles. The average molecular weight is 277 g/mol. The number of aryl methyl sites for hydroxylation is 1. The molecule has 0 amide bonds. The molecule has 98 valence electrons. The van der Waals surface area contributed by atoms with Gasteiger partial charge in [0.1, 0.15) is 0 Å². The molecule has 0 bridgehead atoms. The number of sulfonamides is 1. The Labute approximate surface area is 107 Å². The molecule has 0 unspecified atom stereocenters. The summed E-state index contributed by atoms with van der Waals surface area (Å²) in [6, 6.07) is 0. The molecule has 0 atom stereocenters. The molecule has 0 radical (unpaired) electrons. The van der Waals surface area contributed by atoms with Gasteiger partial charge in [-0.15, -0.1) is 11.3 Å². The van der Waals surface area contributed by atoms with Crippen molar-refractivity contribution in [2.24, 2.45) is 0 Å². The molecule has 0 saturated carbocycles. The Hall–Kier alpha value is -0.500. The van der Waals surface area contributed by atoms with Crippen LogP contribution >= 0.6 is 11.3 Å². The third kappa shape index (κ3) is 6.11. The second kappa shape index (κ2) is 7.05. The van der Waals surface area contributed by atoms with E-state index in [4.69, 9.17) is 0 Å². The zero-order valence-electron chi connectivity index (χ0n) is 10.2. The van der Waals surface area contributed by atoms with E-state index < -0.39 is 10.0 Å². The fourth-order valence-corrected chi connectivity index (χ4v) is 3.20. The highest BCUT2D eigenvalue weighted by Crippen LogP contribution is 2.08. The van der Waals surface area contributed by atoms with E-state index in [0.29, 0.717) is 25.9 Å². The van der Waals surface area contributed by atoms with Crippen molar-refractivity contribution in [1.29, 1.82) is 0 Å². The smallest absolute Gasteiger partial charge is 0.211 e. The third-order valence-corrected chi connectivity index (χ3v) is 4.66. The first-order valence-corrected chi connectivity index (χ1v) is 8.09. The van der Waals surface area contributed by atoms with Gasteiger partial charge in [0.25, 0.3) is 0 Å². The van der Waals surface area contributed by atoms with E-state index in [2.05, 4.69) is 15.0 Å². The van der Waals surface area contributed by atoms with E-state index in [9.17, 15) is 8.42 Å². The Balaban J connectivity index is 2.25. The number of rotatable bonds is 8. The normalized spacial score (nSPS) is 11.9. The van der Waals surface area contributed by atoms with Crippen molar-refractivity contribution in [1.82, 2.24) is 15.0 Å². The van der Waals surface area contributed by atoms with Gasteiger partial charge in [-0.2, -0.15) is 0 Å². The topological polar surface area (TPSA) is 71.1 Å². The van der Waals surface area contributed by atoms with E-state index in [1.807, 2.05) is 19.4 Å². The summed E-state index contributed by atoms with van der Waals surface area (Å²) in [6.45, 7) is 3.07. The van der Waals surface area contributed by atoms with Crippen molar-refractivity contribution in [3.05, 3.63) is 16.1 Å². The molecule has 0 saturated heterocycles. The molecule has 17 heavy (non-hydrogen) atoms. The van der Waals surface area contributed by atoms with E-state index in [-0.39, 0.29) is 5.75 Å². The van der Waals surface area contributed by atoms with Gasteiger partial charge in [0.15, 0.2) is 0 Å². The number of hydrogen-bond acceptors (Lipinski definition) is 5. The molecule has 1 rings (SSSR count). The Morgan fingerprint density at radius 3 is 2.76 bits per heavy atom. The van der Waals surface area contributed by atoms with Crippen LogP contribution in [0.3, 0.4) is 0 Å². The molecular formula is C10H19N3O2S2. The Morgan fingerprint density at radius 2 is 2.18 bits per heavy atom. The molecule has 0 aliphatic carbocycles. The molecule has 0 fully saturated rings. The summed E-state index contributed by atoms with van der Waals surface area (Å²) in [5.74, 6) is 0.171. The van der Waals surface area contributed by atoms with Crippen molar-refractivity contribution in [3.63, 3.8) is 0 Å². The monoisotopic (exact) mass is 277 g/mol. The molecule has 0 aliphatic rings. The lowest BCUT2D eigenvalue weighted by atomic mass is 10.4. The third-order valence-electron chi connectivity index (χ3n) is 2.17. The molecule has 1 heterocycles. The summed E-state index contributed by atoms with van der Waals surface area (Å²) in [5, 5.41) is 5.87. The van der Waals surface area contributed by atoms with Crippen LogP contribution in [-0.2, 0) is 16.4 Å². The first-order valence-electron chi connectivity index (χ1n) is 5.56. The minimum atomic E-state index is -3.13. The summed E-state index contributed by atoms with van der Waals surface area (Å²) in [5.41, 5.74) is 0.988. The molecule has 1 aromatic heterocycles. The van der Waals surface area contributed by atoms with Gasteiger partial charge < -0.3 is 5.32 Å². The van der Waals surface area contributed by atoms with Crippen molar-refractivity contribution >= 4 is 21.4 Å². The molecule has 0 spiro atoms. The van der Waals surface area contributed by atoms with Gasteiger partial charge in [-0.1, -0.05) is 0 Å². The molecule has 2 N–H and O–H groups in total. The average Bonchev–Trinajstić information content (AvgIpc) is 2.64. The van der Waals surface area contributed by atoms with Gasteiger partial charge >= 0.3 is 0 Å². The number of aromatic nitrogens is 1. The van der Waals surface area contributed by atoms with Crippen molar-refractivity contribution in [2.45, 2.75) is 19.8 Å². The van der Waals surface area contributed by atoms with Crippen LogP contribution in [0.1, 0.15) is 17.1 Å². The Kier molecular flexibility index (Phi) is 6.04. The van der Waals surface area contributed by atoms with Crippen LogP contribution in [-0.4, -0.2) is 39.3 Å². The largest absolute Gasteiger partial charge is 0.320 e. The van der Waals surface area contributed by atoms with Gasteiger partial charge in [0.2, 0.25) is 10.0 Å². The number of nitrogens with one attached hydrogen (secondary N) is 2. The van der Waals surface area contributed by atoms with Crippen LogP contribution in [0.25, 0.3) is 0 Å². The maximum atomic E-state index is 11.5. The fraction of sp³-hybridized carbons (Fsp3) is 0.700. The van der Waals surface area contributed by atoms with E-state index in [1.54, 1.807) is 11.3 Å². The van der Waals surface area contributed by atoms with Crippen LogP contribution in [0, 0.1) is 6.92 Å². The van der Waals surface area contributed by atoms with E-state index in [1.165, 1.54) is 0 Å². The van der Waals surface area contributed by atoms with Gasteiger partial charge in [0.05, 0.1) is 10.8 Å². The molecule has 7 heteroatoms. The summed E-state index contributed by atoms with van der Waals surface area (Å²) in [7, 11) is -1.32. The fourth-order valence-electron chi connectivity index (χ4n) is 1.34. The summed E-state index contributed by atoms with van der Waals surface area (Å²) < 4.78 is 25.7. The van der Waals surface area contributed by atoms with E-state index in [0.717, 1.165) is 10.7 Å². The van der Waals surface area contributed by atoms with Gasteiger partial charge in [-0.05, 0) is 26.9 Å². The SMILES string of the molecule is CNCCCS(=O)(=O)NCCc1nc(C)cs1. The molecule has 5 nitrogen and oxygen atoms in total. The highest BCUT2D eigenvalue weighted by Gasteiger charge is 2.09. The van der Waals surface area contributed by atoms with Crippen molar-refractivity contribution < 1.29 is 8.42 Å². The zero-order chi connectivity index (χ0) is 12.7. The lowest BCUT2D eigenvalue weighted by molar-refractivity contribution is 0.577. The highest BCUT2D eigenvalue weighted by atomic mass is 32.2. The zero-order valence-corrected chi connectivity index (χ0v) is 11.8. The van der Waals surface area contributed by atoms with Crippen LogP contribution < -0.4 is 10.0 Å². The maximum Gasteiger partial charge on any atom is 0.211 e. The van der Waals surface area contributed by atoms with Crippen LogP contribution in [0.5, 0.6) is 0 Å². The van der Waals surface area contributed by atoms with Gasteiger partial charge in [-0.25, -0.2) is 18.1 Å². The minimum absolute atomic E-state index is 0.171. The summed E-state index contributed by atoms with van der Waals surface area (Å²) in [6.07, 6.45) is 1.28. The predicted molar refractivity (Wildman–Crippen MR) is 70.9 cm³/mol. The van der Waals surface area contributed by atoms with Crippen molar-refractivity contribution in [3.8, 4) is 0 Å². The lowest BCUT2D eigenvalue weighted by Crippen LogP contribution is -2.29. The van der Waals surface area contributed by atoms with E-state index >= 15 is 0 Å². The second-order valence-electron chi connectivity index (χ2n) is 3.80. The Bertz CT molecular complexity index is 429. The standard InChI is InChI=1S/C10H19N3O2S2/c1-9-8-16-10(13-9)4-6-12-17(14,15)7-3-5-11-2/h8,11-12H,3-7H2,1-2H3. The molecular weight excluding hydrogens is 258 g/mol. The molecule has 1 aromatic rings. The first-order chi connectivity index (χ1) is 8.03. The number of nitrogens with zero attached hydrogens (tertiary/aromatic N) is 1. The maximum absolute atomic E-state index is 11.5. The quantitative estimate of drug-likeness (QED) is 0.680. The molecule has 0 aliphatic heterocycles. The first kappa shape index (κ1) is 14.6. The number of hydrogen-bond donors (Lipinski definition) is 2. The highest BCUT2D eigenvalue weighted by molar-refractivity contribution is 7.89. The minimum Gasteiger partial charge on any atom is -0.320 e. The van der Waals surface area contributed by atoms with Crippen LogP contribution in [0.15, 0.2) is 5.38 Å².